The summed E-state index contributed by atoms with van der Waals surface area (Å²) in [5, 5.41) is 0. The average Bonchev–Trinajstić information content (AvgIpc) is 1.77. The first-order valence-electron chi connectivity index (χ1n) is 4.19. The van der Waals surface area contributed by atoms with E-state index in [1.54, 1.807) is 0 Å². The summed E-state index contributed by atoms with van der Waals surface area (Å²) in [6.45, 7) is 9.58. The van der Waals surface area contributed by atoms with Gasteiger partial charge in [-0.3, -0.25) is 4.90 Å². The lowest BCUT2D eigenvalue weighted by Gasteiger charge is -2.47. The van der Waals surface area contributed by atoms with E-state index in [0.29, 0.717) is 0 Å². The van der Waals surface area contributed by atoms with Crippen molar-refractivity contribution in [2.45, 2.75) is 45.3 Å². The predicted octanol–water partition coefficient (Wildman–Crippen LogP) is 1.85. The topological polar surface area (TPSA) is 12.5 Å². The Morgan fingerprint density at radius 2 is 1.73 bits per heavy atom. The summed E-state index contributed by atoms with van der Waals surface area (Å²) >= 11 is 0. The Hall–Kier alpha value is -0.0800. The molecule has 0 aromatic heterocycles. The SMILES string of the molecule is CN1COC(C)(C)CC1(C)C. The molecule has 0 N–H and O–H groups in total. The van der Waals surface area contributed by atoms with Gasteiger partial charge in [-0.25, -0.2) is 0 Å². The van der Waals surface area contributed by atoms with Crippen molar-refractivity contribution in [3.63, 3.8) is 0 Å². The lowest BCUT2D eigenvalue weighted by molar-refractivity contribution is -0.158. The molecule has 1 saturated heterocycles. The fourth-order valence-corrected chi connectivity index (χ4v) is 1.67. The quantitative estimate of drug-likeness (QED) is 0.532. The van der Waals surface area contributed by atoms with Crippen LogP contribution in [0.5, 0.6) is 0 Å². The Morgan fingerprint density at radius 3 is 2.09 bits per heavy atom. The van der Waals surface area contributed by atoms with Crippen LogP contribution < -0.4 is 0 Å². The van der Waals surface area contributed by atoms with Crippen LogP contribution in [0.3, 0.4) is 0 Å². The average molecular weight is 157 g/mol. The second-order valence-corrected chi connectivity index (χ2v) is 4.72. The summed E-state index contributed by atoms with van der Waals surface area (Å²) in [5.74, 6) is 0. The Bertz CT molecular complexity index is 152. The van der Waals surface area contributed by atoms with Gasteiger partial charge in [-0.15, -0.1) is 0 Å². The van der Waals surface area contributed by atoms with Gasteiger partial charge in [-0.1, -0.05) is 0 Å². The van der Waals surface area contributed by atoms with Crippen molar-refractivity contribution in [2.24, 2.45) is 0 Å². The Kier molecular flexibility index (Phi) is 2.01. The monoisotopic (exact) mass is 157 g/mol. The Balaban J connectivity index is 2.67. The van der Waals surface area contributed by atoms with Gasteiger partial charge in [0.2, 0.25) is 0 Å². The molecule has 2 nitrogen and oxygen atoms in total. The van der Waals surface area contributed by atoms with E-state index in [2.05, 4.69) is 39.6 Å². The van der Waals surface area contributed by atoms with E-state index in [-0.39, 0.29) is 11.1 Å². The summed E-state index contributed by atoms with van der Waals surface area (Å²) < 4.78 is 5.64. The molecule has 0 amide bonds. The molecule has 0 aliphatic carbocycles. The lowest BCUT2D eigenvalue weighted by Crippen LogP contribution is -2.53. The van der Waals surface area contributed by atoms with Crippen molar-refractivity contribution in [1.29, 1.82) is 0 Å². The maximum atomic E-state index is 5.64. The highest BCUT2D eigenvalue weighted by atomic mass is 16.5. The molecule has 0 unspecified atom stereocenters. The first kappa shape index (κ1) is 9.01. The minimum Gasteiger partial charge on any atom is -0.360 e. The predicted molar refractivity (Wildman–Crippen MR) is 46.5 cm³/mol. The molecule has 2 heteroatoms. The van der Waals surface area contributed by atoms with Gasteiger partial charge in [-0.05, 0) is 41.2 Å². The normalized spacial score (nSPS) is 30.3. The van der Waals surface area contributed by atoms with Gasteiger partial charge in [0, 0.05) is 5.54 Å². The van der Waals surface area contributed by atoms with Crippen LogP contribution in [0.1, 0.15) is 34.1 Å². The molecule has 0 radical (unpaired) electrons. The molecule has 1 fully saturated rings. The highest BCUT2D eigenvalue weighted by Crippen LogP contribution is 2.31. The van der Waals surface area contributed by atoms with E-state index in [4.69, 9.17) is 4.74 Å². The zero-order valence-corrected chi connectivity index (χ0v) is 8.27. The van der Waals surface area contributed by atoms with Gasteiger partial charge in [-0.2, -0.15) is 0 Å². The standard InChI is InChI=1S/C9H19NO/c1-8(2)6-9(3,4)11-7-10(8)5/h6-7H2,1-5H3. The second kappa shape index (κ2) is 2.46. The van der Waals surface area contributed by atoms with Gasteiger partial charge >= 0.3 is 0 Å². The minimum atomic E-state index is 0.0516. The molecule has 1 rings (SSSR count). The van der Waals surface area contributed by atoms with Gasteiger partial charge in [0.05, 0.1) is 12.3 Å². The van der Waals surface area contributed by atoms with Crippen LogP contribution in [-0.2, 0) is 4.74 Å². The van der Waals surface area contributed by atoms with Crippen molar-refractivity contribution >= 4 is 0 Å². The summed E-state index contributed by atoms with van der Waals surface area (Å²) in [6, 6.07) is 0. The van der Waals surface area contributed by atoms with Crippen LogP contribution in [-0.4, -0.2) is 29.8 Å². The molecule has 11 heavy (non-hydrogen) atoms. The van der Waals surface area contributed by atoms with Crippen LogP contribution >= 0.6 is 0 Å². The molecule has 0 bridgehead atoms. The van der Waals surface area contributed by atoms with Gasteiger partial charge in [0.15, 0.2) is 0 Å². The van der Waals surface area contributed by atoms with Crippen molar-refractivity contribution in [2.75, 3.05) is 13.8 Å². The maximum absolute atomic E-state index is 5.64. The zero-order valence-electron chi connectivity index (χ0n) is 8.27. The molecule has 66 valence electrons. The van der Waals surface area contributed by atoms with Gasteiger partial charge in [0.1, 0.15) is 0 Å². The molecule has 0 aromatic rings. The summed E-state index contributed by atoms with van der Waals surface area (Å²) in [6.07, 6.45) is 1.09. The maximum Gasteiger partial charge on any atom is 0.0999 e. The largest absolute Gasteiger partial charge is 0.360 e. The smallest absolute Gasteiger partial charge is 0.0999 e. The molecule has 0 aromatic carbocycles. The van der Waals surface area contributed by atoms with Crippen molar-refractivity contribution in [1.82, 2.24) is 4.90 Å². The molecule has 0 spiro atoms. The first-order valence-corrected chi connectivity index (χ1v) is 4.19. The summed E-state index contributed by atoms with van der Waals surface area (Å²) in [4.78, 5) is 2.25. The zero-order chi connectivity index (χ0) is 8.70. The van der Waals surface area contributed by atoms with E-state index >= 15 is 0 Å². The van der Waals surface area contributed by atoms with Crippen LogP contribution in [0.15, 0.2) is 0 Å². The second-order valence-electron chi connectivity index (χ2n) is 4.72. The van der Waals surface area contributed by atoms with Crippen molar-refractivity contribution in [3.05, 3.63) is 0 Å². The van der Waals surface area contributed by atoms with E-state index in [1.165, 1.54) is 0 Å². The van der Waals surface area contributed by atoms with Gasteiger partial charge < -0.3 is 4.74 Å². The summed E-state index contributed by atoms with van der Waals surface area (Å²) in [7, 11) is 2.11. The summed E-state index contributed by atoms with van der Waals surface area (Å²) in [5.41, 5.74) is 0.331. The molecule has 0 atom stereocenters. The number of hydrogen-bond acceptors (Lipinski definition) is 2. The molecule has 0 saturated carbocycles. The minimum absolute atomic E-state index is 0.0516. The fraction of sp³-hybridized carbons (Fsp3) is 1.00. The third kappa shape index (κ3) is 1.94. The van der Waals surface area contributed by atoms with E-state index in [1.807, 2.05) is 0 Å². The third-order valence-corrected chi connectivity index (χ3v) is 2.54. The third-order valence-electron chi connectivity index (χ3n) is 2.54. The number of nitrogens with zero attached hydrogens (tertiary/aromatic N) is 1. The van der Waals surface area contributed by atoms with E-state index < -0.39 is 0 Å². The number of hydrogen-bond donors (Lipinski definition) is 0. The molecular formula is C9H19NO. The van der Waals surface area contributed by atoms with Gasteiger partial charge in [0.25, 0.3) is 0 Å². The fourth-order valence-electron chi connectivity index (χ4n) is 1.67. The highest BCUT2D eigenvalue weighted by molar-refractivity contribution is 4.89. The Labute approximate surface area is 69.5 Å². The highest BCUT2D eigenvalue weighted by Gasteiger charge is 2.37. The Morgan fingerprint density at radius 1 is 1.18 bits per heavy atom. The van der Waals surface area contributed by atoms with Crippen LogP contribution in [0.2, 0.25) is 0 Å². The lowest BCUT2D eigenvalue weighted by atomic mass is 9.87. The number of rotatable bonds is 0. The van der Waals surface area contributed by atoms with Crippen molar-refractivity contribution < 1.29 is 4.74 Å². The molecular weight excluding hydrogens is 138 g/mol. The van der Waals surface area contributed by atoms with Crippen LogP contribution in [0.25, 0.3) is 0 Å². The van der Waals surface area contributed by atoms with Crippen LogP contribution in [0.4, 0.5) is 0 Å². The van der Waals surface area contributed by atoms with Crippen molar-refractivity contribution in [3.8, 4) is 0 Å². The first-order chi connectivity index (χ1) is 4.83. The van der Waals surface area contributed by atoms with E-state index in [0.717, 1.165) is 13.2 Å². The number of ether oxygens (including phenoxy) is 1. The molecule has 1 aliphatic heterocycles. The molecule has 1 heterocycles. The van der Waals surface area contributed by atoms with E-state index in [9.17, 15) is 0 Å². The molecule has 1 aliphatic rings. The van der Waals surface area contributed by atoms with Crippen LogP contribution in [0, 0.1) is 0 Å².